The first-order valence-electron chi connectivity index (χ1n) is 5.61. The number of thioether (sulfide) groups is 1. The summed E-state index contributed by atoms with van der Waals surface area (Å²) in [6, 6.07) is 14.5. The van der Waals surface area contributed by atoms with Gasteiger partial charge in [0, 0.05) is 5.75 Å². The Labute approximate surface area is 114 Å². The van der Waals surface area contributed by atoms with E-state index in [-0.39, 0.29) is 11.3 Å². The van der Waals surface area contributed by atoms with Gasteiger partial charge < -0.3 is 0 Å². The van der Waals surface area contributed by atoms with Gasteiger partial charge in [-0.2, -0.15) is 0 Å². The molecule has 5 heteroatoms. The number of hydrogen-bond acceptors (Lipinski definition) is 4. The average molecular weight is 273 g/mol. The normalized spacial score (nSPS) is 10.1. The zero-order valence-electron chi connectivity index (χ0n) is 9.98. The van der Waals surface area contributed by atoms with Crippen LogP contribution in [0, 0.1) is 10.1 Å². The smallest absolute Gasteiger partial charge is 0.293 e. The van der Waals surface area contributed by atoms with Gasteiger partial charge in [-0.1, -0.05) is 36.4 Å². The number of rotatable bonds is 5. The highest BCUT2D eigenvalue weighted by atomic mass is 32.2. The Morgan fingerprint density at radius 2 is 1.84 bits per heavy atom. The molecule has 0 unspecified atom stereocenters. The Kier molecular flexibility index (Phi) is 4.30. The third-order valence-corrected chi connectivity index (χ3v) is 3.70. The summed E-state index contributed by atoms with van der Waals surface area (Å²) in [4.78, 5) is 21.9. The summed E-state index contributed by atoms with van der Waals surface area (Å²) < 4.78 is 0. The lowest BCUT2D eigenvalue weighted by atomic mass is 10.2. The van der Waals surface area contributed by atoms with E-state index < -0.39 is 4.92 Å². The summed E-state index contributed by atoms with van der Waals surface area (Å²) in [7, 11) is 0. The fraction of sp³-hybridized carbons (Fsp3) is 0.0714. The van der Waals surface area contributed by atoms with Crippen molar-refractivity contribution < 1.29 is 9.72 Å². The first-order chi connectivity index (χ1) is 9.22. The maximum absolute atomic E-state index is 11.0. The van der Waals surface area contributed by atoms with Gasteiger partial charge in [0.2, 0.25) is 0 Å². The van der Waals surface area contributed by atoms with E-state index in [1.807, 2.05) is 30.3 Å². The Bertz CT molecular complexity index is 599. The molecule has 2 aromatic carbocycles. The number of aldehydes is 1. The highest BCUT2D eigenvalue weighted by Crippen LogP contribution is 2.33. The van der Waals surface area contributed by atoms with Crippen LogP contribution in [0.25, 0.3) is 0 Å². The zero-order chi connectivity index (χ0) is 13.7. The lowest BCUT2D eigenvalue weighted by molar-refractivity contribution is -0.387. The molecule has 19 heavy (non-hydrogen) atoms. The molecule has 0 spiro atoms. The van der Waals surface area contributed by atoms with E-state index in [4.69, 9.17) is 0 Å². The number of hydrogen-bond donors (Lipinski definition) is 0. The second kappa shape index (κ2) is 6.15. The molecule has 0 aliphatic carbocycles. The lowest BCUT2D eigenvalue weighted by Gasteiger charge is -2.04. The third-order valence-electron chi connectivity index (χ3n) is 2.58. The molecule has 0 aliphatic heterocycles. The quantitative estimate of drug-likeness (QED) is 0.361. The van der Waals surface area contributed by atoms with Crippen molar-refractivity contribution >= 4 is 23.7 Å². The molecule has 0 saturated carbocycles. The number of nitrogens with zero attached hydrogens (tertiary/aromatic N) is 1. The van der Waals surface area contributed by atoms with Crippen molar-refractivity contribution in [2.75, 3.05) is 0 Å². The zero-order valence-corrected chi connectivity index (χ0v) is 10.8. The van der Waals surface area contributed by atoms with Crippen molar-refractivity contribution in [1.29, 1.82) is 0 Å². The SMILES string of the molecule is O=Cc1cccc(SCc2ccccc2)c1[N+](=O)[O-]. The van der Waals surface area contributed by atoms with Crippen molar-refractivity contribution in [2.24, 2.45) is 0 Å². The van der Waals surface area contributed by atoms with E-state index in [1.165, 1.54) is 17.8 Å². The van der Waals surface area contributed by atoms with E-state index in [2.05, 4.69) is 0 Å². The minimum Gasteiger partial charge on any atom is -0.298 e. The van der Waals surface area contributed by atoms with Crippen molar-refractivity contribution in [2.45, 2.75) is 10.6 Å². The monoisotopic (exact) mass is 273 g/mol. The highest BCUT2D eigenvalue weighted by Gasteiger charge is 2.19. The standard InChI is InChI=1S/C14H11NO3S/c16-9-12-7-4-8-13(14(12)15(17)18)19-10-11-5-2-1-3-6-11/h1-9H,10H2. The van der Waals surface area contributed by atoms with Crippen molar-refractivity contribution in [1.82, 2.24) is 0 Å². The Hall–Kier alpha value is -2.14. The second-order valence-electron chi connectivity index (χ2n) is 3.84. The Balaban J connectivity index is 2.25. The summed E-state index contributed by atoms with van der Waals surface area (Å²) in [5, 5.41) is 11.0. The molecule has 0 N–H and O–H groups in total. The number of para-hydroxylation sites is 1. The van der Waals surface area contributed by atoms with Crippen LogP contribution in [-0.4, -0.2) is 11.2 Å². The van der Waals surface area contributed by atoms with Crippen molar-refractivity contribution in [3.05, 3.63) is 69.8 Å². The van der Waals surface area contributed by atoms with Gasteiger partial charge in [-0.25, -0.2) is 0 Å². The molecule has 2 rings (SSSR count). The summed E-state index contributed by atoms with van der Waals surface area (Å²) >= 11 is 1.36. The van der Waals surface area contributed by atoms with Crippen LogP contribution < -0.4 is 0 Å². The molecule has 0 fully saturated rings. The molecule has 0 heterocycles. The summed E-state index contributed by atoms with van der Waals surface area (Å²) in [5.41, 5.74) is 1.08. The number of benzene rings is 2. The fourth-order valence-corrected chi connectivity index (χ4v) is 2.70. The fourth-order valence-electron chi connectivity index (χ4n) is 1.68. The van der Waals surface area contributed by atoms with Gasteiger partial charge in [-0.3, -0.25) is 14.9 Å². The molecular weight excluding hydrogens is 262 g/mol. The largest absolute Gasteiger partial charge is 0.298 e. The molecule has 96 valence electrons. The maximum Gasteiger partial charge on any atom is 0.293 e. The molecule has 0 bridgehead atoms. The van der Waals surface area contributed by atoms with Crippen LogP contribution in [0.5, 0.6) is 0 Å². The van der Waals surface area contributed by atoms with E-state index in [0.29, 0.717) is 16.9 Å². The Morgan fingerprint density at radius 3 is 2.47 bits per heavy atom. The predicted octanol–water partition coefficient (Wildman–Crippen LogP) is 3.70. The number of nitro benzene ring substituents is 1. The molecule has 0 saturated heterocycles. The second-order valence-corrected chi connectivity index (χ2v) is 4.86. The van der Waals surface area contributed by atoms with Gasteiger partial charge in [0.1, 0.15) is 0 Å². The minimum atomic E-state index is -0.503. The van der Waals surface area contributed by atoms with Crippen LogP contribution in [0.15, 0.2) is 53.4 Å². The molecule has 0 amide bonds. The van der Waals surface area contributed by atoms with Crippen LogP contribution in [0.3, 0.4) is 0 Å². The summed E-state index contributed by atoms with van der Waals surface area (Å²) in [6.45, 7) is 0. The average Bonchev–Trinajstić information content (AvgIpc) is 2.45. The van der Waals surface area contributed by atoms with Crippen molar-refractivity contribution in [3.63, 3.8) is 0 Å². The van der Waals surface area contributed by atoms with Gasteiger partial charge in [0.05, 0.1) is 15.4 Å². The minimum absolute atomic E-state index is 0.113. The lowest BCUT2D eigenvalue weighted by Crippen LogP contribution is -1.96. The van der Waals surface area contributed by atoms with Crippen LogP contribution >= 0.6 is 11.8 Å². The molecule has 2 aromatic rings. The highest BCUT2D eigenvalue weighted by molar-refractivity contribution is 7.98. The van der Waals surface area contributed by atoms with E-state index in [9.17, 15) is 14.9 Å². The maximum atomic E-state index is 11.0. The van der Waals surface area contributed by atoms with Crippen LogP contribution in [-0.2, 0) is 5.75 Å². The van der Waals surface area contributed by atoms with Gasteiger partial charge in [0.15, 0.2) is 6.29 Å². The van der Waals surface area contributed by atoms with Crippen molar-refractivity contribution in [3.8, 4) is 0 Å². The molecule has 0 radical (unpaired) electrons. The summed E-state index contributed by atoms with van der Waals surface area (Å²) in [5.74, 6) is 0.629. The van der Waals surface area contributed by atoms with Crippen LogP contribution in [0.1, 0.15) is 15.9 Å². The van der Waals surface area contributed by atoms with Crippen LogP contribution in [0.4, 0.5) is 5.69 Å². The van der Waals surface area contributed by atoms with Gasteiger partial charge in [-0.15, -0.1) is 11.8 Å². The van der Waals surface area contributed by atoms with E-state index in [0.717, 1.165) is 5.56 Å². The first-order valence-corrected chi connectivity index (χ1v) is 6.60. The molecule has 4 nitrogen and oxygen atoms in total. The predicted molar refractivity (Wildman–Crippen MR) is 74.5 cm³/mol. The first kappa shape index (κ1) is 13.3. The topological polar surface area (TPSA) is 60.2 Å². The van der Waals surface area contributed by atoms with Gasteiger partial charge in [0.25, 0.3) is 5.69 Å². The molecular formula is C14H11NO3S. The van der Waals surface area contributed by atoms with Gasteiger partial charge in [-0.05, 0) is 17.7 Å². The summed E-state index contributed by atoms with van der Waals surface area (Å²) in [6.07, 6.45) is 0.519. The number of carbonyl (C=O) groups is 1. The van der Waals surface area contributed by atoms with Crippen LogP contribution in [0.2, 0.25) is 0 Å². The molecule has 0 atom stereocenters. The van der Waals surface area contributed by atoms with E-state index >= 15 is 0 Å². The van der Waals surface area contributed by atoms with Gasteiger partial charge >= 0.3 is 0 Å². The number of carbonyl (C=O) groups excluding carboxylic acids is 1. The van der Waals surface area contributed by atoms with E-state index in [1.54, 1.807) is 12.1 Å². The molecule has 0 aliphatic rings. The third kappa shape index (κ3) is 3.20. The Morgan fingerprint density at radius 1 is 1.11 bits per heavy atom. The number of nitro groups is 1. The molecule has 0 aromatic heterocycles.